The van der Waals surface area contributed by atoms with Gasteiger partial charge in [0.2, 0.25) is 11.8 Å². The molecule has 0 spiro atoms. The summed E-state index contributed by atoms with van der Waals surface area (Å²) < 4.78 is 0. The van der Waals surface area contributed by atoms with Crippen molar-refractivity contribution in [2.45, 2.75) is 24.9 Å². The molecule has 0 radical (unpaired) electrons. The highest BCUT2D eigenvalue weighted by molar-refractivity contribution is 6.00. The number of carbonyl (C=O) groups excluding carboxylic acids is 3. The lowest BCUT2D eigenvalue weighted by Gasteiger charge is -2.36. The van der Waals surface area contributed by atoms with Crippen molar-refractivity contribution in [3.63, 3.8) is 0 Å². The van der Waals surface area contributed by atoms with Crippen LogP contribution in [0.15, 0.2) is 78.9 Å². The maximum Gasteiger partial charge on any atom is 0.252 e. The molecular formula is C27H25N3O3. The van der Waals surface area contributed by atoms with Crippen LogP contribution in [0.3, 0.4) is 0 Å². The van der Waals surface area contributed by atoms with Crippen LogP contribution < -0.4 is 10.6 Å². The lowest BCUT2D eigenvalue weighted by Crippen LogP contribution is -2.58. The maximum atomic E-state index is 13.4. The molecule has 0 saturated carbocycles. The second-order valence-electron chi connectivity index (χ2n) is 8.44. The molecule has 6 nitrogen and oxygen atoms in total. The molecule has 1 fully saturated rings. The molecule has 2 aliphatic heterocycles. The zero-order chi connectivity index (χ0) is 22.8. The number of nitrogens with zero attached hydrogens (tertiary/aromatic N) is 1. The topological polar surface area (TPSA) is 78.5 Å². The van der Waals surface area contributed by atoms with Crippen LogP contribution in [0.2, 0.25) is 0 Å². The Balaban J connectivity index is 1.38. The third-order valence-corrected chi connectivity index (χ3v) is 6.43. The smallest absolute Gasteiger partial charge is 0.252 e. The van der Waals surface area contributed by atoms with Crippen LogP contribution in [0.4, 0.5) is 0 Å². The number of hydrogen-bond acceptors (Lipinski definition) is 3. The fourth-order valence-corrected chi connectivity index (χ4v) is 4.80. The average Bonchev–Trinajstić information content (AvgIpc) is 3.16. The molecule has 3 amide bonds. The van der Waals surface area contributed by atoms with Gasteiger partial charge in [0.1, 0.15) is 6.04 Å². The number of nitrogens with one attached hydrogen (secondary N) is 2. The van der Waals surface area contributed by atoms with Gasteiger partial charge < -0.3 is 15.5 Å². The van der Waals surface area contributed by atoms with E-state index in [1.165, 1.54) is 0 Å². The molecular weight excluding hydrogens is 414 g/mol. The quantitative estimate of drug-likeness (QED) is 0.641. The molecule has 0 aromatic heterocycles. The van der Waals surface area contributed by atoms with Crippen molar-refractivity contribution in [2.75, 3.05) is 13.1 Å². The van der Waals surface area contributed by atoms with E-state index in [4.69, 9.17) is 0 Å². The third-order valence-electron chi connectivity index (χ3n) is 6.43. The van der Waals surface area contributed by atoms with Crippen LogP contribution >= 0.6 is 0 Å². The first-order valence-corrected chi connectivity index (χ1v) is 11.2. The van der Waals surface area contributed by atoms with E-state index in [1.54, 1.807) is 11.0 Å². The Labute approximate surface area is 192 Å². The fourth-order valence-electron chi connectivity index (χ4n) is 4.80. The van der Waals surface area contributed by atoms with E-state index in [1.807, 2.05) is 72.8 Å². The molecule has 166 valence electrons. The summed E-state index contributed by atoms with van der Waals surface area (Å²) in [4.78, 5) is 40.2. The van der Waals surface area contributed by atoms with Crippen LogP contribution in [-0.2, 0) is 16.0 Å². The second-order valence-corrected chi connectivity index (χ2v) is 8.44. The number of hydrogen-bond donors (Lipinski definition) is 2. The van der Waals surface area contributed by atoms with Gasteiger partial charge in [-0.25, -0.2) is 0 Å². The van der Waals surface area contributed by atoms with Crippen molar-refractivity contribution in [1.82, 2.24) is 15.5 Å². The van der Waals surface area contributed by atoms with Gasteiger partial charge in [0.15, 0.2) is 0 Å². The summed E-state index contributed by atoms with van der Waals surface area (Å²) in [6.07, 6.45) is 0.559. The Bertz CT molecular complexity index is 1210. The first-order valence-electron chi connectivity index (χ1n) is 11.2. The van der Waals surface area contributed by atoms with E-state index >= 15 is 0 Å². The van der Waals surface area contributed by atoms with E-state index in [-0.39, 0.29) is 30.2 Å². The zero-order valence-corrected chi connectivity index (χ0v) is 18.2. The van der Waals surface area contributed by atoms with Gasteiger partial charge in [-0.2, -0.15) is 0 Å². The summed E-state index contributed by atoms with van der Waals surface area (Å²) >= 11 is 0. The van der Waals surface area contributed by atoms with E-state index in [9.17, 15) is 14.4 Å². The van der Waals surface area contributed by atoms with Crippen LogP contribution in [-0.4, -0.2) is 41.8 Å². The first kappa shape index (κ1) is 20.9. The van der Waals surface area contributed by atoms with Gasteiger partial charge in [-0.15, -0.1) is 0 Å². The predicted octanol–water partition coefficient (Wildman–Crippen LogP) is 3.10. The maximum absolute atomic E-state index is 13.4. The molecule has 5 rings (SSSR count). The summed E-state index contributed by atoms with van der Waals surface area (Å²) in [5, 5.41) is 5.82. The predicted molar refractivity (Wildman–Crippen MR) is 125 cm³/mol. The molecule has 3 aromatic rings. The van der Waals surface area contributed by atoms with Gasteiger partial charge >= 0.3 is 0 Å². The van der Waals surface area contributed by atoms with Crippen molar-refractivity contribution >= 4 is 17.7 Å². The number of carbonyl (C=O) groups is 3. The Kier molecular flexibility index (Phi) is 5.65. The van der Waals surface area contributed by atoms with Gasteiger partial charge in [0.25, 0.3) is 5.91 Å². The minimum absolute atomic E-state index is 0.131. The van der Waals surface area contributed by atoms with E-state index < -0.39 is 6.04 Å². The number of rotatable bonds is 5. The molecule has 33 heavy (non-hydrogen) atoms. The highest BCUT2D eigenvalue weighted by Gasteiger charge is 2.36. The third kappa shape index (κ3) is 4.12. The zero-order valence-electron chi connectivity index (χ0n) is 18.2. The second kappa shape index (κ2) is 8.90. The summed E-state index contributed by atoms with van der Waals surface area (Å²) in [7, 11) is 0. The first-order chi connectivity index (χ1) is 16.1. The number of piperazine rings is 1. The Morgan fingerprint density at radius 3 is 2.39 bits per heavy atom. The van der Waals surface area contributed by atoms with Crippen LogP contribution in [0, 0.1) is 0 Å². The Hall–Kier alpha value is -3.93. The molecule has 3 aromatic carbocycles. The Morgan fingerprint density at radius 2 is 1.58 bits per heavy atom. The summed E-state index contributed by atoms with van der Waals surface area (Å²) in [5.74, 6) is -0.435. The SMILES string of the molecule is O=C1NC(CC(=O)N2CCNC(=O)C2Cc2ccccc2-c2ccccc2)c2ccccc21. The summed E-state index contributed by atoms with van der Waals surface area (Å²) in [6.45, 7) is 0.875. The fraction of sp³-hybridized carbons (Fsp3) is 0.222. The molecule has 1 saturated heterocycles. The van der Waals surface area contributed by atoms with E-state index in [0.717, 1.165) is 22.3 Å². The molecule has 2 atom stereocenters. The lowest BCUT2D eigenvalue weighted by molar-refractivity contribution is -0.143. The van der Waals surface area contributed by atoms with Crippen molar-refractivity contribution in [2.24, 2.45) is 0 Å². The average molecular weight is 440 g/mol. The highest BCUT2D eigenvalue weighted by Crippen LogP contribution is 2.30. The number of benzene rings is 3. The monoisotopic (exact) mass is 439 g/mol. The molecule has 0 bridgehead atoms. The molecule has 2 N–H and O–H groups in total. The molecule has 0 aliphatic carbocycles. The normalized spacial score (nSPS) is 19.6. The van der Waals surface area contributed by atoms with E-state index in [2.05, 4.69) is 10.6 Å². The minimum atomic E-state index is -0.594. The van der Waals surface area contributed by atoms with E-state index in [0.29, 0.717) is 25.1 Å². The van der Waals surface area contributed by atoms with Crippen molar-refractivity contribution < 1.29 is 14.4 Å². The number of amides is 3. The molecule has 2 heterocycles. The van der Waals surface area contributed by atoms with Crippen molar-refractivity contribution in [1.29, 1.82) is 0 Å². The van der Waals surface area contributed by atoms with Crippen molar-refractivity contribution in [3.8, 4) is 11.1 Å². The van der Waals surface area contributed by atoms with Gasteiger partial charge in [0, 0.05) is 25.1 Å². The summed E-state index contributed by atoms with van der Waals surface area (Å²) in [5.41, 5.74) is 4.60. The Morgan fingerprint density at radius 1 is 0.879 bits per heavy atom. The largest absolute Gasteiger partial charge is 0.353 e. The molecule has 2 aliphatic rings. The number of fused-ring (bicyclic) bond motifs is 1. The summed E-state index contributed by atoms with van der Waals surface area (Å²) in [6, 6.07) is 24.4. The van der Waals surface area contributed by atoms with Gasteiger partial charge in [0.05, 0.1) is 12.5 Å². The van der Waals surface area contributed by atoms with Crippen LogP contribution in [0.25, 0.3) is 11.1 Å². The lowest BCUT2D eigenvalue weighted by atomic mass is 9.93. The van der Waals surface area contributed by atoms with Crippen molar-refractivity contribution in [3.05, 3.63) is 95.6 Å². The molecule has 6 heteroatoms. The van der Waals surface area contributed by atoms with Crippen LogP contribution in [0.5, 0.6) is 0 Å². The van der Waals surface area contributed by atoms with Crippen LogP contribution in [0.1, 0.15) is 33.9 Å². The minimum Gasteiger partial charge on any atom is -0.353 e. The van der Waals surface area contributed by atoms with Gasteiger partial charge in [-0.3, -0.25) is 14.4 Å². The molecule has 2 unspecified atom stereocenters. The standard InChI is InChI=1S/C27H25N3O3/c31-25(17-23-21-12-6-7-13-22(21)26(32)29-23)30-15-14-28-27(33)24(30)16-19-10-4-5-11-20(19)18-8-2-1-3-9-18/h1-13,23-24H,14-17H2,(H,28,33)(H,29,32). The highest BCUT2D eigenvalue weighted by atomic mass is 16.2. The van der Waals surface area contributed by atoms with Gasteiger partial charge in [-0.05, 0) is 28.3 Å². The van der Waals surface area contributed by atoms with Gasteiger partial charge in [-0.1, -0.05) is 72.8 Å².